The Balaban J connectivity index is 2.52. The third-order valence-corrected chi connectivity index (χ3v) is 3.59. The van der Waals surface area contributed by atoms with Gasteiger partial charge in [-0.2, -0.15) is 0 Å². The molecular formula is C14H25N3O4. The largest absolute Gasteiger partial charge is 0.480 e. The predicted molar refractivity (Wildman–Crippen MR) is 77.7 cm³/mol. The zero-order valence-electron chi connectivity index (χ0n) is 13.0. The van der Waals surface area contributed by atoms with Gasteiger partial charge in [-0.05, 0) is 20.5 Å². The Morgan fingerprint density at radius 1 is 1.48 bits per heavy atom. The van der Waals surface area contributed by atoms with Gasteiger partial charge < -0.3 is 20.2 Å². The molecule has 0 aromatic carbocycles. The Hall–Kier alpha value is -1.63. The lowest BCUT2D eigenvalue weighted by Crippen LogP contribution is -2.44. The number of nitrogens with zero attached hydrogens (tertiary/aromatic N) is 2. The number of aliphatic carboxylic acids is 1. The molecule has 0 bridgehead atoms. The average molecular weight is 299 g/mol. The second kappa shape index (κ2) is 7.97. The molecule has 0 aromatic heterocycles. The number of hydrogen-bond acceptors (Lipinski definition) is 4. The summed E-state index contributed by atoms with van der Waals surface area (Å²) in [5, 5.41) is 11.6. The molecule has 2 unspecified atom stereocenters. The van der Waals surface area contributed by atoms with Crippen LogP contribution in [0.4, 0.5) is 0 Å². The Morgan fingerprint density at radius 3 is 2.67 bits per heavy atom. The van der Waals surface area contributed by atoms with Crippen molar-refractivity contribution in [3.05, 3.63) is 0 Å². The van der Waals surface area contributed by atoms with Gasteiger partial charge in [0.25, 0.3) is 0 Å². The molecule has 2 atom stereocenters. The number of carboxylic acid groups (broad SMARTS) is 1. The molecule has 0 aromatic rings. The number of carbonyl (C=O) groups is 3. The van der Waals surface area contributed by atoms with Crippen molar-refractivity contribution in [1.29, 1.82) is 0 Å². The molecule has 1 aliphatic rings. The minimum atomic E-state index is -1.03. The van der Waals surface area contributed by atoms with E-state index in [9.17, 15) is 14.4 Å². The van der Waals surface area contributed by atoms with Gasteiger partial charge in [0.2, 0.25) is 11.8 Å². The molecule has 7 nitrogen and oxygen atoms in total. The lowest BCUT2D eigenvalue weighted by Gasteiger charge is -2.20. The molecule has 1 saturated heterocycles. The zero-order valence-corrected chi connectivity index (χ0v) is 13.0. The van der Waals surface area contributed by atoms with Crippen LogP contribution in [-0.2, 0) is 14.4 Å². The van der Waals surface area contributed by atoms with Gasteiger partial charge in [-0.15, -0.1) is 0 Å². The third-order valence-electron chi connectivity index (χ3n) is 3.59. The summed E-state index contributed by atoms with van der Waals surface area (Å²) in [4.78, 5) is 38.6. The predicted octanol–water partition coefficient (Wildman–Crippen LogP) is -0.234. The van der Waals surface area contributed by atoms with Crippen molar-refractivity contribution < 1.29 is 19.5 Å². The Labute approximate surface area is 125 Å². The number of hydrogen-bond donors (Lipinski definition) is 2. The van der Waals surface area contributed by atoms with Gasteiger partial charge in [0.1, 0.15) is 6.04 Å². The van der Waals surface area contributed by atoms with Crippen molar-refractivity contribution in [3.8, 4) is 0 Å². The van der Waals surface area contributed by atoms with Gasteiger partial charge in [-0.1, -0.05) is 13.3 Å². The second-order valence-corrected chi connectivity index (χ2v) is 5.73. The van der Waals surface area contributed by atoms with E-state index in [-0.39, 0.29) is 18.2 Å². The normalized spacial score (nSPS) is 19.9. The molecule has 1 heterocycles. The fourth-order valence-electron chi connectivity index (χ4n) is 2.32. The van der Waals surface area contributed by atoms with Crippen molar-refractivity contribution >= 4 is 17.8 Å². The van der Waals surface area contributed by atoms with Gasteiger partial charge in [0.15, 0.2) is 0 Å². The lowest BCUT2D eigenvalue weighted by molar-refractivity contribution is -0.142. The van der Waals surface area contributed by atoms with E-state index < -0.39 is 17.9 Å². The number of carbonyl (C=O) groups excluding carboxylic acids is 2. The number of carboxylic acids is 1. The van der Waals surface area contributed by atoms with Crippen LogP contribution in [0.1, 0.15) is 26.2 Å². The molecule has 7 heteroatoms. The standard InChI is InChI=1S/C14H25N3O4/c1-4-5-11(14(20)21)15-13(19)10-8-12(18)17(9-10)7-6-16(2)3/h10-11H,4-9H2,1-3H3,(H,15,19)(H,20,21). The molecule has 21 heavy (non-hydrogen) atoms. The van der Waals surface area contributed by atoms with Crippen LogP contribution in [0.15, 0.2) is 0 Å². The fourth-order valence-corrected chi connectivity index (χ4v) is 2.32. The first kappa shape index (κ1) is 17.4. The summed E-state index contributed by atoms with van der Waals surface area (Å²) in [7, 11) is 3.85. The molecule has 2 amide bonds. The van der Waals surface area contributed by atoms with Crippen LogP contribution in [-0.4, -0.2) is 72.5 Å². The molecule has 0 saturated carbocycles. The van der Waals surface area contributed by atoms with Crippen LogP contribution in [0.25, 0.3) is 0 Å². The summed E-state index contributed by atoms with van der Waals surface area (Å²) >= 11 is 0. The summed E-state index contributed by atoms with van der Waals surface area (Å²) in [6, 6.07) is -0.867. The van der Waals surface area contributed by atoms with Crippen molar-refractivity contribution in [2.75, 3.05) is 33.7 Å². The van der Waals surface area contributed by atoms with Crippen LogP contribution >= 0.6 is 0 Å². The summed E-state index contributed by atoms with van der Waals surface area (Å²) in [5.41, 5.74) is 0. The van der Waals surface area contributed by atoms with Crippen LogP contribution in [0.3, 0.4) is 0 Å². The maximum absolute atomic E-state index is 12.1. The molecular weight excluding hydrogens is 274 g/mol. The van der Waals surface area contributed by atoms with Crippen LogP contribution in [0, 0.1) is 5.92 Å². The molecule has 0 radical (unpaired) electrons. The molecule has 0 spiro atoms. The van der Waals surface area contributed by atoms with Crippen molar-refractivity contribution in [3.63, 3.8) is 0 Å². The molecule has 2 N–H and O–H groups in total. The zero-order chi connectivity index (χ0) is 16.0. The summed E-state index contributed by atoms with van der Waals surface area (Å²) in [6.07, 6.45) is 1.24. The van der Waals surface area contributed by atoms with Gasteiger partial charge in [-0.25, -0.2) is 4.79 Å². The summed E-state index contributed by atoms with van der Waals surface area (Å²) in [5.74, 6) is -1.85. The van der Waals surface area contributed by atoms with Gasteiger partial charge in [-0.3, -0.25) is 9.59 Å². The van der Waals surface area contributed by atoms with Crippen LogP contribution in [0.2, 0.25) is 0 Å². The number of likely N-dealkylation sites (N-methyl/N-ethyl adjacent to an activating group) is 1. The van der Waals surface area contributed by atoms with Crippen LogP contribution < -0.4 is 5.32 Å². The maximum Gasteiger partial charge on any atom is 0.326 e. The number of amides is 2. The van der Waals surface area contributed by atoms with E-state index >= 15 is 0 Å². The van der Waals surface area contributed by atoms with E-state index in [0.29, 0.717) is 25.9 Å². The van der Waals surface area contributed by atoms with E-state index in [1.165, 1.54) is 0 Å². The molecule has 1 aliphatic heterocycles. The molecule has 0 aliphatic carbocycles. The number of likely N-dealkylation sites (tertiary alicyclic amines) is 1. The number of nitrogens with one attached hydrogen (secondary N) is 1. The summed E-state index contributed by atoms with van der Waals surface area (Å²) < 4.78 is 0. The highest BCUT2D eigenvalue weighted by molar-refractivity contribution is 5.91. The van der Waals surface area contributed by atoms with Crippen molar-refractivity contribution in [2.24, 2.45) is 5.92 Å². The first-order valence-corrected chi connectivity index (χ1v) is 7.30. The van der Waals surface area contributed by atoms with Gasteiger partial charge in [0.05, 0.1) is 5.92 Å². The highest BCUT2D eigenvalue weighted by Gasteiger charge is 2.35. The quantitative estimate of drug-likeness (QED) is 0.646. The van der Waals surface area contributed by atoms with Crippen LogP contribution in [0.5, 0.6) is 0 Å². The fraction of sp³-hybridized carbons (Fsp3) is 0.786. The highest BCUT2D eigenvalue weighted by atomic mass is 16.4. The first-order valence-electron chi connectivity index (χ1n) is 7.30. The molecule has 120 valence electrons. The Kier molecular flexibility index (Phi) is 6.61. The Morgan fingerprint density at radius 2 is 2.14 bits per heavy atom. The minimum Gasteiger partial charge on any atom is -0.480 e. The van der Waals surface area contributed by atoms with E-state index in [1.54, 1.807) is 4.90 Å². The van der Waals surface area contributed by atoms with E-state index in [0.717, 1.165) is 6.54 Å². The second-order valence-electron chi connectivity index (χ2n) is 5.73. The molecule has 1 rings (SSSR count). The third kappa shape index (κ3) is 5.34. The van der Waals surface area contributed by atoms with E-state index in [1.807, 2.05) is 25.9 Å². The first-order chi connectivity index (χ1) is 9.85. The lowest BCUT2D eigenvalue weighted by atomic mass is 10.1. The smallest absolute Gasteiger partial charge is 0.326 e. The monoisotopic (exact) mass is 299 g/mol. The van der Waals surface area contributed by atoms with E-state index in [2.05, 4.69) is 5.32 Å². The Bertz CT molecular complexity index is 398. The summed E-state index contributed by atoms with van der Waals surface area (Å²) in [6.45, 7) is 3.57. The average Bonchev–Trinajstić information content (AvgIpc) is 2.77. The number of rotatable bonds is 8. The molecule has 1 fully saturated rings. The van der Waals surface area contributed by atoms with E-state index in [4.69, 9.17) is 5.11 Å². The van der Waals surface area contributed by atoms with Gasteiger partial charge >= 0.3 is 5.97 Å². The van der Waals surface area contributed by atoms with Gasteiger partial charge in [0, 0.05) is 26.1 Å². The minimum absolute atomic E-state index is 0.0423. The van der Waals surface area contributed by atoms with Crippen molar-refractivity contribution in [2.45, 2.75) is 32.2 Å². The van der Waals surface area contributed by atoms with Crippen molar-refractivity contribution in [1.82, 2.24) is 15.1 Å². The maximum atomic E-state index is 12.1. The topological polar surface area (TPSA) is 90.0 Å². The highest BCUT2D eigenvalue weighted by Crippen LogP contribution is 2.18. The SMILES string of the molecule is CCCC(NC(=O)C1CC(=O)N(CCN(C)C)C1)C(=O)O.